The van der Waals surface area contributed by atoms with E-state index in [1.54, 1.807) is 18.2 Å². The number of carbonyl (C=O) groups is 2. The molecule has 0 unspecified atom stereocenters. The molecule has 0 bridgehead atoms. The molecule has 1 fully saturated rings. The number of hydrogen-bond acceptors (Lipinski definition) is 5. The first-order valence-corrected chi connectivity index (χ1v) is 13.5. The van der Waals surface area contributed by atoms with Gasteiger partial charge in [0.05, 0.1) is 17.2 Å². The summed E-state index contributed by atoms with van der Waals surface area (Å²) in [4.78, 5) is 27.7. The van der Waals surface area contributed by atoms with Crippen LogP contribution in [-0.2, 0) is 15.0 Å². The molecule has 4 rings (SSSR count). The monoisotopic (exact) mass is 601 g/mol. The van der Waals surface area contributed by atoms with Gasteiger partial charge in [0.2, 0.25) is 11.8 Å². The van der Waals surface area contributed by atoms with Gasteiger partial charge in [0.15, 0.2) is 0 Å². The number of amides is 2. The summed E-state index contributed by atoms with van der Waals surface area (Å²) in [6, 6.07) is 8.37. The molecule has 1 spiro atoms. The van der Waals surface area contributed by atoms with E-state index in [0.717, 1.165) is 0 Å². The lowest BCUT2D eigenvalue weighted by Gasteiger charge is -2.37. The zero-order valence-electron chi connectivity index (χ0n) is 22.1. The highest BCUT2D eigenvalue weighted by molar-refractivity contribution is 6.31. The van der Waals surface area contributed by atoms with Gasteiger partial charge in [-0.05, 0) is 60.1 Å². The molecule has 39 heavy (non-hydrogen) atoms. The molecule has 1 saturated heterocycles. The number of benzene rings is 2. The van der Waals surface area contributed by atoms with E-state index in [9.17, 15) is 19.1 Å². The topological polar surface area (TPSA) is 111 Å². The van der Waals surface area contributed by atoms with Gasteiger partial charge in [-0.1, -0.05) is 56.1 Å². The molecule has 2 aliphatic heterocycles. The van der Waals surface area contributed by atoms with Crippen LogP contribution in [0.2, 0.25) is 10.0 Å². The first kappa shape index (κ1) is 31.6. The predicted molar refractivity (Wildman–Crippen MR) is 153 cm³/mol. The van der Waals surface area contributed by atoms with Crippen LogP contribution in [0.25, 0.3) is 0 Å². The van der Waals surface area contributed by atoms with E-state index in [-0.39, 0.29) is 60.7 Å². The second kappa shape index (κ2) is 12.3. The van der Waals surface area contributed by atoms with Gasteiger partial charge in [-0.15, -0.1) is 12.4 Å². The van der Waals surface area contributed by atoms with E-state index in [1.807, 2.05) is 26.8 Å². The number of fused-ring (bicyclic) bond motifs is 2. The highest BCUT2D eigenvalue weighted by atomic mass is 35.5. The molecule has 2 aromatic rings. The van der Waals surface area contributed by atoms with Crippen LogP contribution in [0.4, 0.5) is 10.1 Å². The highest BCUT2D eigenvalue weighted by Gasteiger charge is 2.65. The minimum atomic E-state index is -1.32. The van der Waals surface area contributed by atoms with Gasteiger partial charge in [-0.25, -0.2) is 4.39 Å². The Balaban J connectivity index is 0.00000420. The zero-order chi connectivity index (χ0) is 27.8. The van der Waals surface area contributed by atoms with Crippen molar-refractivity contribution in [3.63, 3.8) is 0 Å². The Morgan fingerprint density at radius 3 is 2.56 bits per heavy atom. The third-order valence-corrected chi connectivity index (χ3v) is 7.95. The Kier molecular flexibility index (Phi) is 9.95. The first-order chi connectivity index (χ1) is 17.9. The lowest BCUT2D eigenvalue weighted by molar-refractivity contribution is -0.123. The van der Waals surface area contributed by atoms with Crippen LogP contribution in [0.15, 0.2) is 36.4 Å². The Hall–Kier alpha value is -1.94. The number of halogens is 4. The van der Waals surface area contributed by atoms with Crippen LogP contribution in [0.3, 0.4) is 0 Å². The molecule has 0 aromatic heterocycles. The van der Waals surface area contributed by atoms with Crippen LogP contribution in [0.1, 0.15) is 57.1 Å². The van der Waals surface area contributed by atoms with Crippen molar-refractivity contribution in [1.82, 2.24) is 10.6 Å². The van der Waals surface area contributed by atoms with Gasteiger partial charge in [-0.2, -0.15) is 0 Å². The maximum atomic E-state index is 14.9. The van der Waals surface area contributed by atoms with Crippen molar-refractivity contribution in [2.45, 2.75) is 69.6 Å². The number of rotatable bonds is 8. The van der Waals surface area contributed by atoms with Gasteiger partial charge in [0.25, 0.3) is 0 Å². The quantitative estimate of drug-likeness (QED) is 0.305. The van der Waals surface area contributed by atoms with Gasteiger partial charge >= 0.3 is 0 Å². The predicted octanol–water partition coefficient (Wildman–Crippen LogP) is 4.55. The van der Waals surface area contributed by atoms with Crippen molar-refractivity contribution < 1.29 is 24.2 Å². The number of aliphatic hydroxyl groups excluding tert-OH is 2. The van der Waals surface area contributed by atoms with Crippen LogP contribution < -0.4 is 16.0 Å². The Morgan fingerprint density at radius 1 is 1.21 bits per heavy atom. The van der Waals surface area contributed by atoms with E-state index >= 15 is 0 Å². The second-order valence-electron chi connectivity index (χ2n) is 11.4. The van der Waals surface area contributed by atoms with Crippen LogP contribution >= 0.6 is 35.6 Å². The molecule has 0 radical (unpaired) electrons. The fourth-order valence-corrected chi connectivity index (χ4v) is 6.26. The van der Waals surface area contributed by atoms with Gasteiger partial charge in [0.1, 0.15) is 11.2 Å². The van der Waals surface area contributed by atoms with Gasteiger partial charge < -0.3 is 26.2 Å². The number of carbonyl (C=O) groups excluding carboxylic acids is 2. The lowest BCUT2D eigenvalue weighted by atomic mass is 9.62. The lowest BCUT2D eigenvalue weighted by Crippen LogP contribution is -2.49. The molecular formula is C28H35Cl3FN3O4. The van der Waals surface area contributed by atoms with Crippen LogP contribution in [0, 0.1) is 11.2 Å². The minimum absolute atomic E-state index is 0. The summed E-state index contributed by atoms with van der Waals surface area (Å²) in [5.41, 5.74) is -0.0265. The van der Waals surface area contributed by atoms with Crippen LogP contribution in [0.5, 0.6) is 0 Å². The fraction of sp³-hybridized carbons (Fsp3) is 0.500. The normalized spacial score (nSPS) is 24.7. The zero-order valence-corrected chi connectivity index (χ0v) is 24.4. The maximum Gasteiger partial charge on any atom is 0.237 e. The standard InChI is InChI=1S/C28H34Cl2FN3O4.ClH/c1-27(2,3)14-22-28(18-12-20(31)19(30)13-21(18)33-26(28)38)23(15-5-4-6-16(29)11-15)24(34-22)25(37)32-9-7-17(36)8-10-35;/h4-6,11-13,17,22-24,34-36H,7-10,14H2,1-3H3,(H,32,37)(H,33,38);1H/t17-,22+,23-,24+,28-;/m0./s1. The third-order valence-electron chi connectivity index (χ3n) is 7.43. The summed E-state index contributed by atoms with van der Waals surface area (Å²) in [6.07, 6.45) is 0.246. The number of hydrogen-bond donors (Lipinski definition) is 5. The van der Waals surface area contributed by atoms with E-state index in [2.05, 4.69) is 16.0 Å². The van der Waals surface area contributed by atoms with E-state index in [0.29, 0.717) is 28.3 Å². The molecule has 2 aromatic carbocycles. The molecule has 5 N–H and O–H groups in total. The van der Waals surface area contributed by atoms with E-state index < -0.39 is 35.3 Å². The van der Waals surface area contributed by atoms with Crippen molar-refractivity contribution in [3.8, 4) is 0 Å². The fourth-order valence-electron chi connectivity index (χ4n) is 5.90. The first-order valence-electron chi connectivity index (χ1n) is 12.8. The molecule has 214 valence electrons. The van der Waals surface area contributed by atoms with Gasteiger partial charge in [0, 0.05) is 35.8 Å². The smallest absolute Gasteiger partial charge is 0.237 e. The summed E-state index contributed by atoms with van der Waals surface area (Å²) < 4.78 is 14.9. The Labute approximate surface area is 244 Å². The van der Waals surface area contributed by atoms with Crippen molar-refractivity contribution in [3.05, 3.63) is 63.4 Å². The highest BCUT2D eigenvalue weighted by Crippen LogP contribution is 2.57. The summed E-state index contributed by atoms with van der Waals surface area (Å²) in [7, 11) is 0. The molecule has 0 saturated carbocycles. The van der Waals surface area contributed by atoms with E-state index in [4.69, 9.17) is 28.3 Å². The number of nitrogens with one attached hydrogen (secondary N) is 3. The summed E-state index contributed by atoms with van der Waals surface area (Å²) in [5, 5.41) is 28.6. The Bertz CT molecular complexity index is 1230. The molecule has 2 amide bonds. The number of anilines is 1. The third kappa shape index (κ3) is 6.21. The molecule has 11 heteroatoms. The van der Waals surface area contributed by atoms with Crippen LogP contribution in [-0.4, -0.2) is 53.4 Å². The average molecular weight is 603 g/mol. The summed E-state index contributed by atoms with van der Waals surface area (Å²) >= 11 is 12.4. The van der Waals surface area contributed by atoms with Crippen molar-refractivity contribution in [2.24, 2.45) is 5.41 Å². The largest absolute Gasteiger partial charge is 0.396 e. The maximum absolute atomic E-state index is 14.9. The van der Waals surface area contributed by atoms with Crippen molar-refractivity contribution in [2.75, 3.05) is 18.5 Å². The van der Waals surface area contributed by atoms with Gasteiger partial charge in [-0.3, -0.25) is 9.59 Å². The minimum Gasteiger partial charge on any atom is -0.396 e. The summed E-state index contributed by atoms with van der Waals surface area (Å²) in [5.74, 6) is -2.06. The average Bonchev–Trinajstić information content (AvgIpc) is 3.29. The van der Waals surface area contributed by atoms with Crippen molar-refractivity contribution in [1.29, 1.82) is 0 Å². The van der Waals surface area contributed by atoms with Crippen molar-refractivity contribution >= 4 is 53.1 Å². The SMILES string of the molecule is CC(C)(C)C[C@H]1N[C@@H](C(=O)NCC[C@H](O)CCO)[C@H](c2cccc(Cl)c2)[C@@]12C(=O)Nc1cc(Cl)c(F)cc12.Cl. The molecular weight excluding hydrogens is 568 g/mol. The number of aliphatic hydroxyl groups is 2. The van der Waals surface area contributed by atoms with E-state index in [1.165, 1.54) is 12.1 Å². The molecule has 2 heterocycles. The second-order valence-corrected chi connectivity index (χ2v) is 12.2. The molecule has 5 atom stereocenters. The summed E-state index contributed by atoms with van der Waals surface area (Å²) in [6.45, 7) is 6.17. The molecule has 0 aliphatic carbocycles. The molecule has 2 aliphatic rings. The molecule has 7 nitrogen and oxygen atoms in total. The Morgan fingerprint density at radius 2 is 1.92 bits per heavy atom.